The first-order valence-corrected chi connectivity index (χ1v) is 15.4. The molecule has 0 spiro atoms. The van der Waals surface area contributed by atoms with Crippen LogP contribution in [0.2, 0.25) is 0 Å². The number of carbonyl (C=O) groups excluding carboxylic acids is 1. The van der Waals surface area contributed by atoms with Crippen molar-refractivity contribution in [2.75, 3.05) is 25.7 Å². The molecule has 2 aromatic heterocycles. The quantitative estimate of drug-likeness (QED) is 0.228. The summed E-state index contributed by atoms with van der Waals surface area (Å²) in [6.07, 6.45) is 0. The van der Waals surface area contributed by atoms with E-state index in [1.165, 1.54) is 11.3 Å². The van der Waals surface area contributed by atoms with Gasteiger partial charge in [-0.05, 0) is 49.2 Å². The highest BCUT2D eigenvalue weighted by atomic mass is 32.1. The summed E-state index contributed by atoms with van der Waals surface area (Å²) in [7, 11) is 5.02. The zero-order valence-electron chi connectivity index (χ0n) is 26.0. The van der Waals surface area contributed by atoms with Crippen LogP contribution in [0.15, 0.2) is 93.1 Å². The van der Waals surface area contributed by atoms with E-state index in [-0.39, 0.29) is 23.1 Å². The third-order valence-corrected chi connectivity index (χ3v) is 8.56. The van der Waals surface area contributed by atoms with Crippen molar-refractivity contribution in [3.63, 3.8) is 0 Å². The number of aromatic nitrogens is 3. The van der Waals surface area contributed by atoms with Crippen LogP contribution in [-0.2, 0) is 11.8 Å². The minimum absolute atomic E-state index is 0.194. The molecule has 3 heterocycles. The molecule has 0 N–H and O–H groups in total. The smallest absolute Gasteiger partial charge is 0.297 e. The zero-order valence-corrected chi connectivity index (χ0v) is 26.8. The predicted octanol–water partition coefficient (Wildman–Crippen LogP) is 5.52. The van der Waals surface area contributed by atoms with Gasteiger partial charge in [0.25, 0.3) is 11.5 Å². The maximum atomic E-state index is 13.9. The standard InChI is InChI=1S/C34H34N6O4S/c1-21(2)19-38-27-15-11-10-14-25(27)31(32(38)41)36-39-28(26-18-24(43-5)16-17-29(26)44-6)20-45-34(39)35-30-22(3)37(4)40(33(30)42)23-12-8-7-9-13-23/h7-18,20-21H,19H2,1-6H3. The molecule has 0 unspecified atom stereocenters. The van der Waals surface area contributed by atoms with E-state index in [2.05, 4.69) is 13.8 Å². The number of fused-ring (bicyclic) bond motifs is 1. The Kier molecular flexibility index (Phi) is 8.03. The van der Waals surface area contributed by atoms with Crippen LogP contribution in [0.3, 0.4) is 0 Å². The Bertz CT molecular complexity index is 2070. The maximum absolute atomic E-state index is 13.9. The molecule has 0 bridgehead atoms. The van der Waals surface area contributed by atoms with Gasteiger partial charge in [0, 0.05) is 30.1 Å². The van der Waals surface area contributed by atoms with Crippen molar-refractivity contribution in [3.8, 4) is 28.4 Å². The van der Waals surface area contributed by atoms with Crippen LogP contribution >= 0.6 is 11.3 Å². The lowest BCUT2D eigenvalue weighted by atomic mass is 10.1. The van der Waals surface area contributed by atoms with Gasteiger partial charge in [-0.15, -0.1) is 11.3 Å². The van der Waals surface area contributed by atoms with E-state index in [1.807, 2.05) is 92.1 Å². The van der Waals surface area contributed by atoms with E-state index in [1.54, 1.807) is 33.2 Å². The number of carbonyl (C=O) groups is 1. The molecule has 1 aliphatic heterocycles. The van der Waals surface area contributed by atoms with Crippen molar-refractivity contribution in [2.24, 2.45) is 23.1 Å². The number of nitrogens with zero attached hydrogens (tertiary/aromatic N) is 6. The fourth-order valence-electron chi connectivity index (χ4n) is 5.46. The Morgan fingerprint density at radius 1 is 0.911 bits per heavy atom. The van der Waals surface area contributed by atoms with Crippen LogP contribution in [0.25, 0.3) is 16.9 Å². The van der Waals surface area contributed by atoms with Crippen LogP contribution in [0, 0.1) is 12.8 Å². The molecule has 0 fully saturated rings. The second-order valence-corrected chi connectivity index (χ2v) is 11.9. The second-order valence-electron chi connectivity index (χ2n) is 11.1. The van der Waals surface area contributed by atoms with E-state index in [0.29, 0.717) is 45.5 Å². The molecule has 11 heteroatoms. The molecular weight excluding hydrogens is 588 g/mol. The van der Waals surface area contributed by atoms with Crippen LogP contribution in [0.4, 0.5) is 11.4 Å². The lowest BCUT2D eigenvalue weighted by Crippen LogP contribution is -2.34. The SMILES string of the molecule is COc1ccc(OC)c(-c2csc(=Nc3c(C)n(C)n(-c4ccccc4)c3=O)n2N=C2C(=O)N(CC(C)C)c3ccccc32)c1. The molecule has 6 rings (SSSR count). The van der Waals surface area contributed by atoms with Gasteiger partial charge in [-0.25, -0.2) is 14.4 Å². The van der Waals surface area contributed by atoms with E-state index in [0.717, 1.165) is 16.9 Å². The highest BCUT2D eigenvalue weighted by Crippen LogP contribution is 2.35. The zero-order chi connectivity index (χ0) is 31.8. The number of methoxy groups -OCH3 is 2. The third-order valence-electron chi connectivity index (χ3n) is 7.74. The number of thiazole rings is 1. The lowest BCUT2D eigenvalue weighted by molar-refractivity contribution is -0.112. The Morgan fingerprint density at radius 2 is 1.64 bits per heavy atom. The molecule has 1 amide bonds. The average Bonchev–Trinajstić information content (AvgIpc) is 3.63. The summed E-state index contributed by atoms with van der Waals surface area (Å²) < 4.78 is 16.2. The second kappa shape index (κ2) is 12.1. The van der Waals surface area contributed by atoms with Gasteiger partial charge < -0.3 is 14.4 Å². The van der Waals surface area contributed by atoms with E-state index < -0.39 is 0 Å². The van der Waals surface area contributed by atoms with Crippen LogP contribution in [-0.4, -0.2) is 46.4 Å². The molecule has 1 aliphatic rings. The van der Waals surface area contributed by atoms with Gasteiger partial charge in [0.15, 0.2) is 11.4 Å². The highest BCUT2D eigenvalue weighted by Gasteiger charge is 2.34. The summed E-state index contributed by atoms with van der Waals surface area (Å²) in [5, 5.41) is 6.89. The number of para-hydroxylation sites is 2. The molecule has 5 aromatic rings. The molecule has 0 radical (unpaired) electrons. The van der Waals surface area contributed by atoms with Gasteiger partial charge in [-0.3, -0.25) is 14.3 Å². The topological polar surface area (TPSA) is 95.3 Å². The van der Waals surface area contributed by atoms with Gasteiger partial charge in [0.2, 0.25) is 4.80 Å². The summed E-state index contributed by atoms with van der Waals surface area (Å²) in [6.45, 7) is 6.57. The molecule has 0 aliphatic carbocycles. The number of rotatable bonds is 8. The predicted molar refractivity (Wildman–Crippen MR) is 177 cm³/mol. The van der Waals surface area contributed by atoms with Crippen molar-refractivity contribution in [1.29, 1.82) is 0 Å². The number of hydrogen-bond donors (Lipinski definition) is 0. The number of ether oxygens (including phenoxy) is 2. The lowest BCUT2D eigenvalue weighted by Gasteiger charge is -2.18. The highest BCUT2D eigenvalue weighted by molar-refractivity contribution is 7.07. The molecule has 10 nitrogen and oxygen atoms in total. The first-order valence-electron chi connectivity index (χ1n) is 14.6. The van der Waals surface area contributed by atoms with Crippen LogP contribution < -0.4 is 24.7 Å². The molecule has 0 saturated heterocycles. The van der Waals surface area contributed by atoms with Gasteiger partial charge in [0.1, 0.15) is 11.5 Å². The maximum Gasteiger partial charge on any atom is 0.297 e. The van der Waals surface area contributed by atoms with Gasteiger partial charge in [0.05, 0.1) is 37.0 Å². The monoisotopic (exact) mass is 622 g/mol. The van der Waals surface area contributed by atoms with Crippen molar-refractivity contribution in [1.82, 2.24) is 14.0 Å². The molecule has 0 saturated carbocycles. The van der Waals surface area contributed by atoms with Crippen LogP contribution in [0.5, 0.6) is 11.5 Å². The Morgan fingerprint density at radius 3 is 2.36 bits per heavy atom. The first-order chi connectivity index (χ1) is 21.7. The van der Waals surface area contributed by atoms with Crippen LogP contribution in [0.1, 0.15) is 25.1 Å². The van der Waals surface area contributed by atoms with Crippen molar-refractivity contribution < 1.29 is 14.3 Å². The average molecular weight is 623 g/mol. The summed E-state index contributed by atoms with van der Waals surface area (Å²) in [6, 6.07) is 22.6. The first kappa shape index (κ1) is 29.9. The number of amides is 1. The fraction of sp³-hybridized carbons (Fsp3) is 0.235. The Balaban J connectivity index is 1.62. The number of anilines is 1. The fourth-order valence-corrected chi connectivity index (χ4v) is 6.28. The van der Waals surface area contributed by atoms with E-state index in [4.69, 9.17) is 19.6 Å². The van der Waals surface area contributed by atoms with Crippen molar-refractivity contribution >= 4 is 34.3 Å². The normalized spacial score (nSPS) is 14.1. The Labute approximate surface area is 264 Å². The summed E-state index contributed by atoms with van der Waals surface area (Å²) in [4.78, 5) is 34.8. The van der Waals surface area contributed by atoms with Gasteiger partial charge in [-0.1, -0.05) is 50.2 Å². The minimum Gasteiger partial charge on any atom is -0.497 e. The Hall–Kier alpha value is -5.16. The number of benzene rings is 3. The largest absolute Gasteiger partial charge is 0.497 e. The van der Waals surface area contributed by atoms with E-state index in [9.17, 15) is 9.59 Å². The molecule has 230 valence electrons. The summed E-state index contributed by atoms with van der Waals surface area (Å²) in [5.41, 5.74) is 4.60. The molecule has 3 aromatic carbocycles. The van der Waals surface area contributed by atoms with Gasteiger partial charge >= 0.3 is 0 Å². The molecular formula is C34H34N6O4S. The summed E-state index contributed by atoms with van der Waals surface area (Å²) >= 11 is 1.31. The third kappa shape index (κ3) is 5.29. The summed E-state index contributed by atoms with van der Waals surface area (Å²) in [5.74, 6) is 1.28. The van der Waals surface area contributed by atoms with Crippen molar-refractivity contribution in [2.45, 2.75) is 20.8 Å². The van der Waals surface area contributed by atoms with E-state index >= 15 is 0 Å². The molecule has 0 atom stereocenters. The van der Waals surface area contributed by atoms with Gasteiger partial charge in [-0.2, -0.15) is 5.10 Å². The minimum atomic E-state index is -0.264. The molecule has 45 heavy (non-hydrogen) atoms. The van der Waals surface area contributed by atoms with Crippen molar-refractivity contribution in [3.05, 3.63) is 105 Å². The number of hydrogen-bond acceptors (Lipinski definition) is 7.